The van der Waals surface area contributed by atoms with Crippen LogP contribution >= 0.6 is 11.6 Å². The lowest BCUT2D eigenvalue weighted by Crippen LogP contribution is -2.36. The molecule has 1 aliphatic carbocycles. The molecule has 2 heterocycles. The van der Waals surface area contributed by atoms with Crippen LogP contribution in [0.4, 0.5) is 5.69 Å². The van der Waals surface area contributed by atoms with Crippen LogP contribution in [0.2, 0.25) is 5.02 Å². The number of fused-ring (bicyclic) bond motifs is 1. The molecule has 0 spiro atoms. The first-order valence-electron chi connectivity index (χ1n) is 11.1. The van der Waals surface area contributed by atoms with Gasteiger partial charge in [-0.15, -0.1) is 0 Å². The van der Waals surface area contributed by atoms with Crippen molar-refractivity contribution < 1.29 is 23.8 Å². The van der Waals surface area contributed by atoms with Gasteiger partial charge in [-0.25, -0.2) is 9.67 Å². The number of rotatable bonds is 6. The summed E-state index contributed by atoms with van der Waals surface area (Å²) in [6.45, 7) is 0.544. The van der Waals surface area contributed by atoms with E-state index in [1.54, 1.807) is 18.2 Å². The molecule has 10 heteroatoms. The Morgan fingerprint density at radius 1 is 1.09 bits per heavy atom. The zero-order chi connectivity index (χ0) is 23.5. The molecule has 1 aliphatic heterocycles. The van der Waals surface area contributed by atoms with Crippen molar-refractivity contribution in [3.8, 4) is 17.2 Å². The van der Waals surface area contributed by atoms with Gasteiger partial charge in [-0.2, -0.15) is 5.10 Å². The summed E-state index contributed by atoms with van der Waals surface area (Å²) in [5.74, 6) is 0.398. The standard InChI is InChI=1S/C24H23ClN4O5/c25-17-4-5-19(29-15-26-14-27-29)18(12-17)28-22(30)13-34-23(31)24(7-1-2-8-24)16-3-6-20-21(11-16)33-10-9-32-20/h3-6,11-12,14-15H,1-2,7-10,13H2,(H,28,30). The predicted octanol–water partition coefficient (Wildman–Crippen LogP) is 3.69. The average molecular weight is 483 g/mol. The molecular formula is C24H23ClN4O5. The first-order valence-corrected chi connectivity index (χ1v) is 11.4. The van der Waals surface area contributed by atoms with Crippen LogP contribution in [-0.2, 0) is 19.7 Å². The van der Waals surface area contributed by atoms with Crippen LogP contribution in [0.5, 0.6) is 11.5 Å². The number of amides is 1. The largest absolute Gasteiger partial charge is 0.486 e. The zero-order valence-corrected chi connectivity index (χ0v) is 19.1. The highest BCUT2D eigenvalue weighted by atomic mass is 35.5. The van der Waals surface area contributed by atoms with Crippen LogP contribution < -0.4 is 14.8 Å². The fourth-order valence-corrected chi connectivity index (χ4v) is 4.70. The fraction of sp³-hybridized carbons (Fsp3) is 0.333. The molecule has 1 amide bonds. The maximum atomic E-state index is 13.3. The number of aromatic nitrogens is 3. The molecule has 2 aliphatic rings. The number of halogens is 1. The van der Waals surface area contributed by atoms with Crippen LogP contribution in [0.1, 0.15) is 31.2 Å². The number of ether oxygens (including phenoxy) is 3. The summed E-state index contributed by atoms with van der Waals surface area (Å²) in [6, 6.07) is 10.6. The number of esters is 1. The minimum Gasteiger partial charge on any atom is -0.486 e. The lowest BCUT2D eigenvalue weighted by molar-refractivity contribution is -0.153. The van der Waals surface area contributed by atoms with E-state index in [4.69, 9.17) is 25.8 Å². The first kappa shape index (κ1) is 22.2. The summed E-state index contributed by atoms with van der Waals surface area (Å²) in [7, 11) is 0. The number of nitrogens with one attached hydrogen (secondary N) is 1. The summed E-state index contributed by atoms with van der Waals surface area (Å²) < 4.78 is 18.3. The molecule has 1 N–H and O–H groups in total. The normalized spacial score (nSPS) is 16.1. The smallest absolute Gasteiger partial charge is 0.317 e. The zero-order valence-electron chi connectivity index (χ0n) is 18.3. The van der Waals surface area contributed by atoms with Gasteiger partial charge in [0.15, 0.2) is 18.1 Å². The number of hydrogen-bond donors (Lipinski definition) is 1. The minimum atomic E-state index is -0.807. The third kappa shape index (κ3) is 4.31. The van der Waals surface area contributed by atoms with E-state index < -0.39 is 23.9 Å². The van der Waals surface area contributed by atoms with Gasteiger partial charge in [0.05, 0.1) is 16.8 Å². The van der Waals surface area contributed by atoms with E-state index >= 15 is 0 Å². The third-order valence-electron chi connectivity index (χ3n) is 6.18. The molecule has 0 saturated heterocycles. The molecule has 3 aromatic rings. The molecule has 0 unspecified atom stereocenters. The van der Waals surface area contributed by atoms with Gasteiger partial charge < -0.3 is 19.5 Å². The summed E-state index contributed by atoms with van der Waals surface area (Å²) in [5, 5.41) is 7.29. The number of carbonyl (C=O) groups excluding carboxylic acids is 2. The summed E-state index contributed by atoms with van der Waals surface area (Å²) in [4.78, 5) is 29.9. The van der Waals surface area contributed by atoms with Crippen molar-refractivity contribution in [3.05, 3.63) is 59.6 Å². The molecule has 1 fully saturated rings. The molecule has 1 aromatic heterocycles. The highest BCUT2D eigenvalue weighted by Gasteiger charge is 2.45. The fourth-order valence-electron chi connectivity index (χ4n) is 4.53. The maximum absolute atomic E-state index is 13.3. The van der Waals surface area contributed by atoms with Crippen LogP contribution in [-0.4, -0.2) is 46.5 Å². The van der Waals surface area contributed by atoms with Crippen molar-refractivity contribution in [3.63, 3.8) is 0 Å². The van der Waals surface area contributed by atoms with Gasteiger partial charge in [-0.1, -0.05) is 30.5 Å². The highest BCUT2D eigenvalue weighted by molar-refractivity contribution is 6.31. The molecule has 0 radical (unpaired) electrons. The van der Waals surface area contributed by atoms with Gasteiger partial charge in [0.1, 0.15) is 25.9 Å². The van der Waals surface area contributed by atoms with Crippen LogP contribution in [0, 0.1) is 0 Å². The van der Waals surface area contributed by atoms with Gasteiger partial charge in [0.25, 0.3) is 5.91 Å². The second kappa shape index (κ2) is 9.34. The van der Waals surface area contributed by atoms with Crippen molar-refractivity contribution in [2.75, 3.05) is 25.1 Å². The monoisotopic (exact) mass is 482 g/mol. The molecule has 9 nitrogen and oxygen atoms in total. The Bertz CT molecular complexity index is 1210. The van der Waals surface area contributed by atoms with Crippen molar-refractivity contribution in [1.82, 2.24) is 14.8 Å². The van der Waals surface area contributed by atoms with Crippen LogP contribution in [0.3, 0.4) is 0 Å². The van der Waals surface area contributed by atoms with Gasteiger partial charge >= 0.3 is 5.97 Å². The van der Waals surface area contributed by atoms with Gasteiger partial charge in [0, 0.05) is 5.02 Å². The number of benzene rings is 2. The van der Waals surface area contributed by atoms with Gasteiger partial charge in [-0.05, 0) is 48.7 Å². The Kier molecular flexibility index (Phi) is 6.10. The van der Waals surface area contributed by atoms with Crippen molar-refractivity contribution in [2.45, 2.75) is 31.1 Å². The van der Waals surface area contributed by atoms with E-state index in [0.29, 0.717) is 54.0 Å². The van der Waals surface area contributed by atoms with E-state index in [9.17, 15) is 9.59 Å². The lowest BCUT2D eigenvalue weighted by Gasteiger charge is -2.28. The third-order valence-corrected chi connectivity index (χ3v) is 6.41. The van der Waals surface area contributed by atoms with Gasteiger partial charge in [-0.3, -0.25) is 9.59 Å². The quantitative estimate of drug-likeness (QED) is 0.534. The number of hydrogen-bond acceptors (Lipinski definition) is 7. The Labute approximate surface area is 201 Å². The summed E-state index contributed by atoms with van der Waals surface area (Å²) in [5.41, 5.74) is 1.03. The molecule has 0 bridgehead atoms. The number of carbonyl (C=O) groups is 2. The molecule has 34 heavy (non-hydrogen) atoms. The van der Waals surface area contributed by atoms with Crippen molar-refractivity contribution >= 4 is 29.2 Å². The molecular weight excluding hydrogens is 460 g/mol. The number of anilines is 1. The second-order valence-electron chi connectivity index (χ2n) is 8.27. The predicted molar refractivity (Wildman–Crippen MR) is 124 cm³/mol. The average Bonchev–Trinajstić information content (AvgIpc) is 3.56. The molecule has 0 atom stereocenters. The number of nitrogens with zero attached hydrogens (tertiary/aromatic N) is 3. The molecule has 176 valence electrons. The Balaban J connectivity index is 1.30. The van der Waals surface area contributed by atoms with Gasteiger partial charge in [0.2, 0.25) is 0 Å². The van der Waals surface area contributed by atoms with E-state index in [0.717, 1.165) is 18.4 Å². The van der Waals surface area contributed by atoms with E-state index in [1.165, 1.54) is 17.3 Å². The summed E-state index contributed by atoms with van der Waals surface area (Å²) in [6.07, 6.45) is 6.01. The topological polar surface area (TPSA) is 105 Å². The van der Waals surface area contributed by atoms with E-state index in [2.05, 4.69) is 15.4 Å². The SMILES string of the molecule is O=C(COC(=O)C1(c2ccc3c(c2)OCCO3)CCCC1)Nc1cc(Cl)ccc1-n1cncn1. The maximum Gasteiger partial charge on any atom is 0.317 e. The Morgan fingerprint density at radius 3 is 2.65 bits per heavy atom. The Morgan fingerprint density at radius 2 is 1.88 bits per heavy atom. The van der Waals surface area contributed by atoms with Crippen LogP contribution in [0.15, 0.2) is 49.1 Å². The summed E-state index contributed by atoms with van der Waals surface area (Å²) >= 11 is 6.11. The highest BCUT2D eigenvalue weighted by Crippen LogP contribution is 2.45. The molecule has 1 saturated carbocycles. The molecule has 2 aromatic carbocycles. The second-order valence-corrected chi connectivity index (χ2v) is 8.71. The lowest BCUT2D eigenvalue weighted by atomic mass is 9.78. The van der Waals surface area contributed by atoms with E-state index in [-0.39, 0.29) is 0 Å². The Hall–Kier alpha value is -3.59. The van der Waals surface area contributed by atoms with Crippen LogP contribution in [0.25, 0.3) is 5.69 Å². The van der Waals surface area contributed by atoms with E-state index in [1.807, 2.05) is 18.2 Å². The first-order chi connectivity index (χ1) is 16.5. The molecule has 5 rings (SSSR count). The van der Waals surface area contributed by atoms with Crippen molar-refractivity contribution in [1.29, 1.82) is 0 Å². The van der Waals surface area contributed by atoms with Crippen molar-refractivity contribution in [2.24, 2.45) is 0 Å². The minimum absolute atomic E-state index is 0.417.